The lowest BCUT2D eigenvalue weighted by Crippen LogP contribution is -2.15. The van der Waals surface area contributed by atoms with Gasteiger partial charge in [0.2, 0.25) is 5.91 Å². The number of thioether (sulfide) groups is 1. The van der Waals surface area contributed by atoms with Crippen LogP contribution < -0.4 is 10.1 Å². The number of thiazole rings is 1. The summed E-state index contributed by atoms with van der Waals surface area (Å²) in [6.45, 7) is 10.5. The van der Waals surface area contributed by atoms with E-state index in [0.717, 1.165) is 21.9 Å². The first-order valence-corrected chi connectivity index (χ1v) is 10.9. The SMILES string of the molecule is C=CCn1c(COc2ccccc2C)nnc1SCC(=O)Nc1nc(C)c(C)s1. The van der Waals surface area contributed by atoms with Crippen molar-refractivity contribution in [3.63, 3.8) is 0 Å². The number of allylic oxidation sites excluding steroid dienone is 1. The Morgan fingerprint density at radius 2 is 2.10 bits per heavy atom. The zero-order valence-corrected chi connectivity index (χ0v) is 18.3. The van der Waals surface area contributed by atoms with Crippen LogP contribution in [-0.4, -0.2) is 31.4 Å². The second kappa shape index (κ2) is 9.71. The van der Waals surface area contributed by atoms with Crippen LogP contribution in [0.5, 0.6) is 5.75 Å². The Balaban J connectivity index is 1.62. The minimum absolute atomic E-state index is 0.130. The number of nitrogens with zero attached hydrogens (tertiary/aromatic N) is 4. The fourth-order valence-corrected chi connectivity index (χ4v) is 4.11. The van der Waals surface area contributed by atoms with Crippen molar-refractivity contribution in [3.05, 3.63) is 58.9 Å². The van der Waals surface area contributed by atoms with Crippen molar-refractivity contribution in [2.75, 3.05) is 11.1 Å². The lowest BCUT2D eigenvalue weighted by molar-refractivity contribution is -0.113. The molecule has 0 radical (unpaired) electrons. The molecule has 0 fully saturated rings. The molecule has 7 nitrogen and oxygen atoms in total. The lowest BCUT2D eigenvalue weighted by atomic mass is 10.2. The molecule has 0 aliphatic rings. The number of hydrogen-bond donors (Lipinski definition) is 1. The highest BCUT2D eigenvalue weighted by Crippen LogP contribution is 2.23. The maximum absolute atomic E-state index is 12.3. The highest BCUT2D eigenvalue weighted by Gasteiger charge is 2.15. The van der Waals surface area contributed by atoms with E-state index < -0.39 is 0 Å². The van der Waals surface area contributed by atoms with Crippen molar-refractivity contribution in [2.24, 2.45) is 0 Å². The summed E-state index contributed by atoms with van der Waals surface area (Å²) >= 11 is 2.79. The maximum atomic E-state index is 12.3. The number of benzene rings is 1. The van der Waals surface area contributed by atoms with Crippen LogP contribution in [0.25, 0.3) is 0 Å². The average molecular weight is 430 g/mol. The van der Waals surface area contributed by atoms with E-state index in [1.165, 1.54) is 23.1 Å². The van der Waals surface area contributed by atoms with Crippen LogP contribution in [0.2, 0.25) is 0 Å². The predicted molar refractivity (Wildman–Crippen MR) is 117 cm³/mol. The van der Waals surface area contributed by atoms with Crippen molar-refractivity contribution >= 4 is 34.1 Å². The molecule has 1 aromatic carbocycles. The summed E-state index contributed by atoms with van der Waals surface area (Å²) in [4.78, 5) is 17.7. The number of anilines is 1. The average Bonchev–Trinajstić information content (AvgIpc) is 3.22. The topological polar surface area (TPSA) is 81.9 Å². The summed E-state index contributed by atoms with van der Waals surface area (Å²) in [6, 6.07) is 7.82. The van der Waals surface area contributed by atoms with Gasteiger partial charge in [-0.3, -0.25) is 9.36 Å². The zero-order chi connectivity index (χ0) is 20.8. The number of ether oxygens (including phenoxy) is 1. The Bertz CT molecular complexity index is 993. The number of carbonyl (C=O) groups excluding carboxylic acids is 1. The molecule has 2 aromatic heterocycles. The van der Waals surface area contributed by atoms with Crippen molar-refractivity contribution in [3.8, 4) is 5.75 Å². The number of aromatic nitrogens is 4. The van der Waals surface area contributed by atoms with Gasteiger partial charge in [-0.25, -0.2) is 4.98 Å². The number of para-hydroxylation sites is 1. The molecule has 0 unspecified atom stereocenters. The number of rotatable bonds is 9. The molecule has 2 heterocycles. The summed E-state index contributed by atoms with van der Waals surface area (Å²) in [5.74, 6) is 1.58. The van der Waals surface area contributed by atoms with Crippen LogP contribution in [0.4, 0.5) is 5.13 Å². The van der Waals surface area contributed by atoms with Crippen molar-refractivity contribution < 1.29 is 9.53 Å². The molecule has 29 heavy (non-hydrogen) atoms. The van der Waals surface area contributed by atoms with Gasteiger partial charge in [0, 0.05) is 11.4 Å². The molecule has 0 aliphatic carbocycles. The summed E-state index contributed by atoms with van der Waals surface area (Å²) in [5.41, 5.74) is 1.99. The Morgan fingerprint density at radius 1 is 1.31 bits per heavy atom. The fourth-order valence-electron chi connectivity index (χ4n) is 2.52. The van der Waals surface area contributed by atoms with Crippen LogP contribution in [-0.2, 0) is 17.9 Å². The van der Waals surface area contributed by atoms with Crippen molar-refractivity contribution in [1.82, 2.24) is 19.7 Å². The molecule has 0 saturated heterocycles. The van der Waals surface area contributed by atoms with Crippen molar-refractivity contribution in [2.45, 2.75) is 39.1 Å². The van der Waals surface area contributed by atoms with E-state index in [4.69, 9.17) is 4.74 Å². The molecule has 1 amide bonds. The minimum Gasteiger partial charge on any atom is -0.485 e. The second-order valence-electron chi connectivity index (χ2n) is 6.35. The molecule has 0 atom stereocenters. The first-order chi connectivity index (χ1) is 14.0. The number of carbonyl (C=O) groups is 1. The molecule has 152 valence electrons. The van der Waals surface area contributed by atoms with Gasteiger partial charge in [0.1, 0.15) is 12.4 Å². The monoisotopic (exact) mass is 429 g/mol. The molecule has 3 aromatic rings. The number of nitrogens with one attached hydrogen (secondary N) is 1. The molecule has 0 bridgehead atoms. The third kappa shape index (κ3) is 5.45. The van der Waals surface area contributed by atoms with Gasteiger partial charge in [0.05, 0.1) is 11.4 Å². The fraction of sp³-hybridized carbons (Fsp3) is 0.300. The van der Waals surface area contributed by atoms with E-state index >= 15 is 0 Å². The molecule has 1 N–H and O–H groups in total. The number of amides is 1. The third-order valence-electron chi connectivity index (χ3n) is 4.16. The normalized spacial score (nSPS) is 10.7. The van der Waals surface area contributed by atoms with Gasteiger partial charge in [-0.15, -0.1) is 28.1 Å². The zero-order valence-electron chi connectivity index (χ0n) is 16.6. The van der Waals surface area contributed by atoms with Gasteiger partial charge in [-0.2, -0.15) is 0 Å². The molecule has 3 rings (SSSR count). The second-order valence-corrected chi connectivity index (χ2v) is 8.50. The van der Waals surface area contributed by atoms with Gasteiger partial charge >= 0.3 is 0 Å². The highest BCUT2D eigenvalue weighted by molar-refractivity contribution is 7.99. The molecule has 9 heteroatoms. The first-order valence-electron chi connectivity index (χ1n) is 9.06. The van der Waals surface area contributed by atoms with Gasteiger partial charge in [0.15, 0.2) is 16.1 Å². The first kappa shape index (κ1) is 21.1. The highest BCUT2D eigenvalue weighted by atomic mass is 32.2. The van der Waals surface area contributed by atoms with Crippen LogP contribution in [0, 0.1) is 20.8 Å². The standard InChI is InChI=1S/C20H23N5O2S2/c1-5-10-25-17(11-27-16-9-7-6-8-13(16)2)23-24-20(25)28-12-18(26)22-19-21-14(3)15(4)29-19/h5-9H,1,10-12H2,2-4H3,(H,21,22,26). The summed E-state index contributed by atoms with van der Waals surface area (Å²) in [7, 11) is 0. The minimum atomic E-state index is -0.130. The van der Waals surface area contributed by atoms with E-state index in [1.807, 2.05) is 49.6 Å². The lowest BCUT2D eigenvalue weighted by Gasteiger charge is -2.10. The maximum Gasteiger partial charge on any atom is 0.236 e. The van der Waals surface area contributed by atoms with E-state index in [1.54, 1.807) is 6.08 Å². The van der Waals surface area contributed by atoms with Crippen LogP contribution in [0.3, 0.4) is 0 Å². The van der Waals surface area contributed by atoms with E-state index in [-0.39, 0.29) is 18.3 Å². The van der Waals surface area contributed by atoms with Gasteiger partial charge < -0.3 is 10.1 Å². The van der Waals surface area contributed by atoms with Crippen molar-refractivity contribution in [1.29, 1.82) is 0 Å². The quantitative estimate of drug-likeness (QED) is 0.406. The van der Waals surface area contributed by atoms with Gasteiger partial charge in [0.25, 0.3) is 0 Å². The Kier molecular flexibility index (Phi) is 7.05. The largest absolute Gasteiger partial charge is 0.485 e. The summed E-state index contributed by atoms with van der Waals surface area (Å²) < 4.78 is 7.79. The number of aryl methyl sites for hydroxylation is 3. The Hall–Kier alpha value is -2.65. The van der Waals surface area contributed by atoms with E-state index in [2.05, 4.69) is 27.1 Å². The molecule has 0 saturated carbocycles. The smallest absolute Gasteiger partial charge is 0.236 e. The summed E-state index contributed by atoms with van der Waals surface area (Å²) in [6.07, 6.45) is 1.77. The molecule has 0 spiro atoms. The Morgan fingerprint density at radius 3 is 2.79 bits per heavy atom. The predicted octanol–water partition coefficient (Wildman–Crippen LogP) is 4.16. The van der Waals surface area contributed by atoms with E-state index in [9.17, 15) is 4.79 Å². The van der Waals surface area contributed by atoms with Crippen LogP contribution >= 0.6 is 23.1 Å². The van der Waals surface area contributed by atoms with Crippen LogP contribution in [0.1, 0.15) is 22.0 Å². The molecular weight excluding hydrogens is 406 g/mol. The van der Waals surface area contributed by atoms with E-state index in [0.29, 0.717) is 22.7 Å². The third-order valence-corrected chi connectivity index (χ3v) is 6.12. The van der Waals surface area contributed by atoms with Crippen LogP contribution in [0.15, 0.2) is 42.1 Å². The Labute approximate surface area is 178 Å². The van der Waals surface area contributed by atoms with Gasteiger partial charge in [-0.1, -0.05) is 36.0 Å². The molecule has 0 aliphatic heterocycles. The summed E-state index contributed by atoms with van der Waals surface area (Å²) in [5, 5.41) is 12.6. The molecular formula is C20H23N5O2S2. The van der Waals surface area contributed by atoms with Gasteiger partial charge in [-0.05, 0) is 32.4 Å². The number of hydrogen-bond acceptors (Lipinski definition) is 7.